The number of nitrogens with one attached hydrogen (secondary N) is 1. The lowest BCUT2D eigenvalue weighted by Gasteiger charge is -2.11. The second-order valence-electron chi connectivity index (χ2n) is 3.37. The van der Waals surface area contributed by atoms with Gasteiger partial charge in [-0.2, -0.15) is 0 Å². The molecule has 0 atom stereocenters. The number of aromatic nitrogens is 1. The number of anilines is 2. The van der Waals surface area contributed by atoms with Crippen molar-refractivity contribution in [3.05, 3.63) is 29.2 Å². The Labute approximate surface area is 97.4 Å². The van der Waals surface area contributed by atoms with E-state index in [4.69, 9.17) is 17.3 Å². The molecule has 0 amide bonds. The summed E-state index contributed by atoms with van der Waals surface area (Å²) in [6, 6.07) is 3.15. The molecule has 2 aromatic rings. The van der Waals surface area contributed by atoms with Crippen molar-refractivity contribution in [1.29, 1.82) is 0 Å². The number of fused-ring (bicyclic) bond motifs is 1. The lowest BCUT2D eigenvalue weighted by molar-refractivity contribution is 0.640. The summed E-state index contributed by atoms with van der Waals surface area (Å²) < 4.78 is 13.9. The van der Waals surface area contributed by atoms with E-state index in [0.717, 1.165) is 0 Å². The molecule has 2 rings (SSSR count). The number of nitrogens with zero attached hydrogens (tertiary/aromatic N) is 1. The van der Waals surface area contributed by atoms with E-state index in [2.05, 4.69) is 10.3 Å². The molecule has 0 aliphatic rings. The minimum Gasteiger partial charge on any atom is -0.396 e. The molecule has 3 N–H and O–H groups in total. The number of benzene rings is 1. The third-order valence-corrected chi connectivity index (χ3v) is 2.60. The van der Waals surface area contributed by atoms with Gasteiger partial charge in [-0.25, -0.2) is 4.39 Å². The third-order valence-electron chi connectivity index (χ3n) is 2.31. The Balaban J connectivity index is 2.83. The average Bonchev–Trinajstić information content (AvgIpc) is 2.27. The topological polar surface area (TPSA) is 50.9 Å². The summed E-state index contributed by atoms with van der Waals surface area (Å²) in [7, 11) is 0. The van der Waals surface area contributed by atoms with Gasteiger partial charge in [0.05, 0.1) is 33.5 Å². The fourth-order valence-corrected chi connectivity index (χ4v) is 1.76. The molecule has 16 heavy (non-hydrogen) atoms. The van der Waals surface area contributed by atoms with E-state index in [0.29, 0.717) is 28.8 Å². The average molecular weight is 240 g/mol. The molecule has 1 aromatic carbocycles. The zero-order valence-corrected chi connectivity index (χ0v) is 9.48. The first kappa shape index (κ1) is 11.0. The molecule has 3 nitrogen and oxygen atoms in total. The largest absolute Gasteiger partial charge is 0.396 e. The van der Waals surface area contributed by atoms with E-state index in [1.54, 1.807) is 6.07 Å². The van der Waals surface area contributed by atoms with E-state index < -0.39 is 5.82 Å². The Morgan fingerprint density at radius 3 is 2.94 bits per heavy atom. The van der Waals surface area contributed by atoms with Crippen molar-refractivity contribution in [2.75, 3.05) is 17.6 Å². The van der Waals surface area contributed by atoms with Crippen LogP contribution in [0.4, 0.5) is 15.8 Å². The molecule has 0 spiro atoms. The van der Waals surface area contributed by atoms with E-state index in [9.17, 15) is 4.39 Å². The smallest absolute Gasteiger partial charge is 0.153 e. The number of nitrogens with two attached hydrogens (primary N) is 1. The van der Waals surface area contributed by atoms with Gasteiger partial charge in [0.25, 0.3) is 0 Å². The van der Waals surface area contributed by atoms with Gasteiger partial charge in [-0.15, -0.1) is 0 Å². The molecule has 0 unspecified atom stereocenters. The predicted molar refractivity (Wildman–Crippen MR) is 65.3 cm³/mol. The maximum Gasteiger partial charge on any atom is 0.153 e. The molecule has 0 fully saturated rings. The van der Waals surface area contributed by atoms with Crippen LogP contribution in [0, 0.1) is 5.82 Å². The molecule has 0 saturated carbocycles. The minimum atomic E-state index is -0.491. The Morgan fingerprint density at radius 2 is 2.25 bits per heavy atom. The van der Waals surface area contributed by atoms with Crippen molar-refractivity contribution < 1.29 is 4.39 Å². The first-order valence-corrected chi connectivity index (χ1v) is 5.29. The number of hydrogen-bond acceptors (Lipinski definition) is 3. The van der Waals surface area contributed by atoms with Gasteiger partial charge in [0.1, 0.15) is 0 Å². The normalized spacial score (nSPS) is 10.7. The van der Waals surface area contributed by atoms with Crippen molar-refractivity contribution in [2.24, 2.45) is 0 Å². The SMILES string of the molecule is CCNc1c(N)cnc2ccc(Cl)c(F)c12. The fourth-order valence-electron chi connectivity index (χ4n) is 1.60. The van der Waals surface area contributed by atoms with Gasteiger partial charge < -0.3 is 11.1 Å². The lowest BCUT2D eigenvalue weighted by atomic mass is 10.1. The molecule has 1 heterocycles. The summed E-state index contributed by atoms with van der Waals surface area (Å²) >= 11 is 5.74. The second kappa shape index (κ2) is 4.14. The molecule has 0 aliphatic carbocycles. The van der Waals surface area contributed by atoms with Gasteiger partial charge >= 0.3 is 0 Å². The van der Waals surface area contributed by atoms with Crippen LogP contribution in [0.5, 0.6) is 0 Å². The van der Waals surface area contributed by atoms with Crippen molar-refractivity contribution in [2.45, 2.75) is 6.92 Å². The summed E-state index contributed by atoms with van der Waals surface area (Å²) in [6.07, 6.45) is 1.51. The summed E-state index contributed by atoms with van der Waals surface area (Å²) in [4.78, 5) is 4.06. The molecular formula is C11H11ClFN3. The van der Waals surface area contributed by atoms with Gasteiger partial charge in [0.15, 0.2) is 5.82 Å². The second-order valence-corrected chi connectivity index (χ2v) is 3.78. The Kier molecular flexibility index (Phi) is 2.83. The van der Waals surface area contributed by atoms with Crippen molar-refractivity contribution in [1.82, 2.24) is 4.98 Å². The zero-order valence-electron chi connectivity index (χ0n) is 8.72. The van der Waals surface area contributed by atoms with Crippen LogP contribution >= 0.6 is 11.6 Å². The van der Waals surface area contributed by atoms with Crippen LogP contribution < -0.4 is 11.1 Å². The maximum absolute atomic E-state index is 13.9. The fraction of sp³-hybridized carbons (Fsp3) is 0.182. The van der Waals surface area contributed by atoms with E-state index in [1.807, 2.05) is 6.92 Å². The predicted octanol–water partition coefficient (Wildman–Crippen LogP) is 3.04. The van der Waals surface area contributed by atoms with Crippen molar-refractivity contribution >= 4 is 33.9 Å². The first-order valence-electron chi connectivity index (χ1n) is 4.91. The highest BCUT2D eigenvalue weighted by molar-refractivity contribution is 6.31. The zero-order chi connectivity index (χ0) is 11.7. The number of pyridine rings is 1. The van der Waals surface area contributed by atoms with Gasteiger partial charge in [-0.1, -0.05) is 11.6 Å². The summed E-state index contributed by atoms with van der Waals surface area (Å²) in [6.45, 7) is 2.56. The molecule has 0 bridgehead atoms. The summed E-state index contributed by atoms with van der Waals surface area (Å²) in [5.41, 5.74) is 7.25. The van der Waals surface area contributed by atoms with Gasteiger partial charge in [0, 0.05) is 6.54 Å². The first-order chi connectivity index (χ1) is 7.65. The van der Waals surface area contributed by atoms with Crippen LogP contribution in [0.25, 0.3) is 10.9 Å². The molecule has 0 radical (unpaired) electrons. The standard InChI is InChI=1S/C11H11ClFN3/c1-2-15-11-7(14)5-16-8-4-3-6(12)10(13)9(8)11/h3-5H,2,14H2,1H3,(H,15,16). The molecule has 0 saturated heterocycles. The number of hydrogen-bond donors (Lipinski definition) is 2. The van der Waals surface area contributed by atoms with E-state index in [-0.39, 0.29) is 5.02 Å². The Morgan fingerprint density at radius 1 is 1.50 bits per heavy atom. The number of halogens is 2. The van der Waals surface area contributed by atoms with Gasteiger partial charge in [-0.3, -0.25) is 4.98 Å². The van der Waals surface area contributed by atoms with Gasteiger partial charge in [-0.05, 0) is 19.1 Å². The maximum atomic E-state index is 13.9. The molecular weight excluding hydrogens is 229 g/mol. The highest BCUT2D eigenvalue weighted by Crippen LogP contribution is 2.32. The van der Waals surface area contributed by atoms with Gasteiger partial charge in [0.2, 0.25) is 0 Å². The number of nitrogen functional groups attached to an aromatic ring is 1. The molecule has 5 heteroatoms. The third kappa shape index (κ3) is 1.65. The Hall–Kier alpha value is -1.55. The van der Waals surface area contributed by atoms with Crippen LogP contribution in [-0.4, -0.2) is 11.5 Å². The molecule has 1 aromatic heterocycles. The highest BCUT2D eigenvalue weighted by Gasteiger charge is 2.13. The quantitative estimate of drug-likeness (QED) is 0.847. The van der Waals surface area contributed by atoms with Crippen LogP contribution in [0.3, 0.4) is 0 Å². The summed E-state index contributed by atoms with van der Waals surface area (Å²) in [5, 5.41) is 3.43. The van der Waals surface area contributed by atoms with Crippen LogP contribution in [0.2, 0.25) is 5.02 Å². The van der Waals surface area contributed by atoms with Crippen LogP contribution in [0.15, 0.2) is 18.3 Å². The summed E-state index contributed by atoms with van der Waals surface area (Å²) in [5.74, 6) is -0.491. The monoisotopic (exact) mass is 239 g/mol. The van der Waals surface area contributed by atoms with Crippen molar-refractivity contribution in [3.8, 4) is 0 Å². The van der Waals surface area contributed by atoms with E-state index >= 15 is 0 Å². The lowest BCUT2D eigenvalue weighted by Crippen LogP contribution is -2.03. The molecule has 0 aliphatic heterocycles. The van der Waals surface area contributed by atoms with E-state index in [1.165, 1.54) is 12.3 Å². The Bertz CT molecular complexity index is 537. The van der Waals surface area contributed by atoms with Crippen LogP contribution in [0.1, 0.15) is 6.92 Å². The molecule has 84 valence electrons. The minimum absolute atomic E-state index is 0.0686. The van der Waals surface area contributed by atoms with Crippen molar-refractivity contribution in [3.63, 3.8) is 0 Å². The van der Waals surface area contributed by atoms with Crippen LogP contribution in [-0.2, 0) is 0 Å². The highest BCUT2D eigenvalue weighted by atomic mass is 35.5. The number of rotatable bonds is 2.